The van der Waals surface area contributed by atoms with E-state index in [0.717, 1.165) is 60.6 Å². The van der Waals surface area contributed by atoms with Crippen LogP contribution in [0.15, 0.2) is 36.5 Å². The van der Waals surface area contributed by atoms with Crippen LogP contribution in [0.3, 0.4) is 0 Å². The molecule has 0 saturated carbocycles. The average molecular weight is 375 g/mol. The highest BCUT2D eigenvalue weighted by atomic mass is 15.3. The van der Waals surface area contributed by atoms with Crippen LogP contribution in [0, 0.1) is 13.8 Å². The van der Waals surface area contributed by atoms with Gasteiger partial charge in [-0.15, -0.1) is 0 Å². The summed E-state index contributed by atoms with van der Waals surface area (Å²) in [7, 11) is 2.14. The third-order valence-electron chi connectivity index (χ3n) is 4.90. The SMILES string of the molecule is Cc1cc(Cc2nc(-c3cccc(C)n3)nc(N3CCN(C)CC3)n2)ccn1. The first-order chi connectivity index (χ1) is 13.6. The van der Waals surface area contributed by atoms with Gasteiger partial charge in [-0.2, -0.15) is 9.97 Å². The van der Waals surface area contributed by atoms with Crippen molar-refractivity contribution in [3.63, 3.8) is 0 Å². The van der Waals surface area contributed by atoms with Crippen LogP contribution in [0.25, 0.3) is 11.5 Å². The molecule has 0 aliphatic carbocycles. The van der Waals surface area contributed by atoms with E-state index in [1.54, 1.807) is 0 Å². The summed E-state index contributed by atoms with van der Waals surface area (Å²) < 4.78 is 0. The average Bonchev–Trinajstić information content (AvgIpc) is 2.68. The van der Waals surface area contributed by atoms with Gasteiger partial charge >= 0.3 is 0 Å². The third-order valence-corrected chi connectivity index (χ3v) is 4.90. The van der Waals surface area contributed by atoms with E-state index < -0.39 is 0 Å². The van der Waals surface area contributed by atoms with Gasteiger partial charge in [0.25, 0.3) is 0 Å². The maximum atomic E-state index is 4.79. The molecule has 0 aromatic carbocycles. The van der Waals surface area contributed by atoms with Crippen LogP contribution in [-0.2, 0) is 6.42 Å². The molecule has 1 saturated heterocycles. The minimum atomic E-state index is 0.633. The number of aryl methyl sites for hydroxylation is 2. The summed E-state index contributed by atoms with van der Waals surface area (Å²) in [5.41, 5.74) is 3.87. The molecule has 0 radical (unpaired) electrons. The van der Waals surface area contributed by atoms with Gasteiger partial charge in [0.05, 0.1) is 0 Å². The second-order valence-electron chi connectivity index (χ2n) is 7.31. The molecule has 1 aliphatic heterocycles. The van der Waals surface area contributed by atoms with Crippen molar-refractivity contribution in [3.05, 3.63) is 59.3 Å². The Morgan fingerprint density at radius 3 is 2.46 bits per heavy atom. The fourth-order valence-corrected chi connectivity index (χ4v) is 3.31. The summed E-state index contributed by atoms with van der Waals surface area (Å²) in [6.45, 7) is 7.80. The van der Waals surface area contributed by atoms with Crippen LogP contribution in [0.2, 0.25) is 0 Å². The third kappa shape index (κ3) is 4.31. The molecule has 7 heteroatoms. The lowest BCUT2D eigenvalue weighted by Gasteiger charge is -2.32. The zero-order valence-electron chi connectivity index (χ0n) is 16.6. The number of hydrogen-bond donors (Lipinski definition) is 0. The fraction of sp³-hybridized carbons (Fsp3) is 0.381. The Morgan fingerprint density at radius 2 is 1.71 bits per heavy atom. The minimum Gasteiger partial charge on any atom is -0.338 e. The van der Waals surface area contributed by atoms with E-state index in [1.165, 1.54) is 0 Å². The molecule has 1 aliphatic rings. The maximum absolute atomic E-state index is 4.79. The van der Waals surface area contributed by atoms with Crippen molar-refractivity contribution in [2.24, 2.45) is 0 Å². The molecule has 0 unspecified atom stereocenters. The summed E-state index contributed by atoms with van der Waals surface area (Å²) in [5.74, 6) is 2.13. The number of pyridine rings is 2. The summed E-state index contributed by atoms with van der Waals surface area (Å²) in [6, 6.07) is 10.0. The van der Waals surface area contributed by atoms with Gasteiger partial charge in [-0.25, -0.2) is 9.97 Å². The Kier molecular flexibility index (Phi) is 5.25. The topological polar surface area (TPSA) is 70.9 Å². The molecular weight excluding hydrogens is 350 g/mol. The first-order valence-corrected chi connectivity index (χ1v) is 9.61. The second kappa shape index (κ2) is 7.98. The Hall–Kier alpha value is -2.93. The van der Waals surface area contributed by atoms with Gasteiger partial charge in [-0.3, -0.25) is 4.98 Å². The Labute approximate surface area is 165 Å². The molecule has 7 nitrogen and oxygen atoms in total. The normalized spacial score (nSPS) is 15.0. The van der Waals surface area contributed by atoms with E-state index in [2.05, 4.69) is 32.9 Å². The van der Waals surface area contributed by atoms with E-state index in [0.29, 0.717) is 12.2 Å². The van der Waals surface area contributed by atoms with E-state index in [-0.39, 0.29) is 0 Å². The summed E-state index contributed by atoms with van der Waals surface area (Å²) in [6.07, 6.45) is 2.47. The second-order valence-corrected chi connectivity index (χ2v) is 7.31. The first-order valence-electron chi connectivity index (χ1n) is 9.61. The number of aromatic nitrogens is 5. The number of anilines is 1. The van der Waals surface area contributed by atoms with E-state index in [4.69, 9.17) is 15.0 Å². The lowest BCUT2D eigenvalue weighted by Crippen LogP contribution is -2.45. The van der Waals surface area contributed by atoms with Gasteiger partial charge in [0.1, 0.15) is 11.5 Å². The number of piperazine rings is 1. The molecule has 28 heavy (non-hydrogen) atoms. The molecule has 3 aromatic heterocycles. The van der Waals surface area contributed by atoms with E-state index in [1.807, 2.05) is 44.3 Å². The zero-order valence-corrected chi connectivity index (χ0v) is 16.6. The number of hydrogen-bond acceptors (Lipinski definition) is 7. The minimum absolute atomic E-state index is 0.633. The Balaban J connectivity index is 1.72. The Bertz CT molecular complexity index is 964. The van der Waals surface area contributed by atoms with Crippen LogP contribution in [-0.4, -0.2) is 63.0 Å². The molecule has 0 bridgehead atoms. The smallest absolute Gasteiger partial charge is 0.229 e. The number of likely N-dealkylation sites (N-methyl/N-ethyl adjacent to an activating group) is 1. The van der Waals surface area contributed by atoms with Gasteiger partial charge in [0.2, 0.25) is 5.95 Å². The van der Waals surface area contributed by atoms with Gasteiger partial charge < -0.3 is 9.80 Å². The van der Waals surface area contributed by atoms with Crippen molar-refractivity contribution in [2.45, 2.75) is 20.3 Å². The molecule has 0 amide bonds. The number of nitrogens with zero attached hydrogens (tertiary/aromatic N) is 7. The van der Waals surface area contributed by atoms with Gasteiger partial charge in [0, 0.05) is 50.2 Å². The van der Waals surface area contributed by atoms with Crippen LogP contribution in [0.1, 0.15) is 22.8 Å². The zero-order chi connectivity index (χ0) is 19.5. The molecule has 0 spiro atoms. The molecule has 0 atom stereocenters. The van der Waals surface area contributed by atoms with Gasteiger partial charge in [-0.05, 0) is 50.7 Å². The summed E-state index contributed by atoms with van der Waals surface area (Å²) in [5, 5.41) is 0. The molecule has 4 heterocycles. The molecule has 0 N–H and O–H groups in total. The quantitative estimate of drug-likeness (QED) is 0.693. The van der Waals surface area contributed by atoms with Crippen LogP contribution < -0.4 is 4.90 Å². The van der Waals surface area contributed by atoms with Crippen molar-refractivity contribution >= 4 is 5.95 Å². The van der Waals surface area contributed by atoms with Gasteiger partial charge in [-0.1, -0.05) is 6.07 Å². The van der Waals surface area contributed by atoms with Crippen LogP contribution in [0.5, 0.6) is 0 Å². The Morgan fingerprint density at radius 1 is 0.893 bits per heavy atom. The van der Waals surface area contributed by atoms with Crippen molar-refractivity contribution < 1.29 is 0 Å². The predicted molar refractivity (Wildman–Crippen MR) is 109 cm³/mol. The molecule has 3 aromatic rings. The van der Waals surface area contributed by atoms with Crippen molar-refractivity contribution in [1.29, 1.82) is 0 Å². The van der Waals surface area contributed by atoms with Crippen molar-refractivity contribution in [2.75, 3.05) is 38.1 Å². The standard InChI is InChI=1S/C21H25N7/c1-15-5-4-6-18(23-15)20-24-19(14-17-7-8-22-16(2)13-17)25-21(26-20)28-11-9-27(3)10-12-28/h4-8,13H,9-12,14H2,1-3H3. The molecule has 144 valence electrons. The highest BCUT2D eigenvalue weighted by Gasteiger charge is 2.19. The molecule has 4 rings (SSSR count). The van der Waals surface area contributed by atoms with Crippen LogP contribution in [0.4, 0.5) is 5.95 Å². The predicted octanol–water partition coefficient (Wildman–Crippen LogP) is 2.29. The molecular formula is C21H25N7. The monoisotopic (exact) mass is 375 g/mol. The van der Waals surface area contributed by atoms with E-state index in [9.17, 15) is 0 Å². The van der Waals surface area contributed by atoms with Crippen molar-refractivity contribution in [1.82, 2.24) is 29.8 Å². The summed E-state index contributed by atoms with van der Waals surface area (Å²) >= 11 is 0. The highest BCUT2D eigenvalue weighted by Crippen LogP contribution is 2.19. The fourth-order valence-electron chi connectivity index (χ4n) is 3.31. The lowest BCUT2D eigenvalue weighted by atomic mass is 10.1. The largest absolute Gasteiger partial charge is 0.338 e. The van der Waals surface area contributed by atoms with E-state index >= 15 is 0 Å². The lowest BCUT2D eigenvalue weighted by molar-refractivity contribution is 0.311. The van der Waals surface area contributed by atoms with Crippen LogP contribution >= 0.6 is 0 Å². The molecule has 1 fully saturated rings. The number of rotatable bonds is 4. The summed E-state index contributed by atoms with van der Waals surface area (Å²) in [4.78, 5) is 27.7. The highest BCUT2D eigenvalue weighted by molar-refractivity contribution is 5.52. The van der Waals surface area contributed by atoms with Gasteiger partial charge in [0.15, 0.2) is 5.82 Å². The maximum Gasteiger partial charge on any atom is 0.229 e. The van der Waals surface area contributed by atoms with Crippen molar-refractivity contribution in [3.8, 4) is 11.5 Å². The first kappa shape index (κ1) is 18.4.